The molecule has 21 atom stereocenters. The van der Waals surface area contributed by atoms with Crippen LogP contribution in [0.3, 0.4) is 0 Å². The molecule has 90 heavy (non-hydrogen) atoms. The number of allylic oxidation sites excluding steroid dienone is 1. The molecule has 0 radical (unpaired) electrons. The number of phosphoric acid groups is 1. The maximum atomic E-state index is 14.4. The van der Waals surface area contributed by atoms with Crippen molar-refractivity contribution < 1.29 is 67.0 Å². The van der Waals surface area contributed by atoms with Crippen LogP contribution < -0.4 is 61.0 Å². The highest BCUT2D eigenvalue weighted by molar-refractivity contribution is 7.47. The topological polar surface area (TPSA) is 459 Å². The molecule has 0 spiro atoms. The molecule has 0 aliphatic carbocycles. The molecule has 5 saturated heterocycles. The van der Waals surface area contributed by atoms with E-state index in [1.807, 2.05) is 60.6 Å². The van der Waals surface area contributed by atoms with E-state index in [-0.39, 0.29) is 88.3 Å². The summed E-state index contributed by atoms with van der Waals surface area (Å²) in [6.07, 6.45) is -4.23. The van der Waals surface area contributed by atoms with Crippen LogP contribution in [0.4, 0.5) is 0 Å². The number of hydrogen-bond acceptors (Lipinski definition) is 18. The molecule has 27 nitrogen and oxygen atoms in total. The van der Waals surface area contributed by atoms with Crippen LogP contribution in [0.25, 0.3) is 11.0 Å². The number of fused-ring (bicyclic) bond motifs is 10. The van der Waals surface area contributed by atoms with Crippen LogP contribution in [0.5, 0.6) is 0 Å². The zero-order valence-corrected chi connectivity index (χ0v) is 54.9. The number of nitrogens with one attached hydrogen (secondary N) is 5. The fourth-order valence-corrected chi connectivity index (χ4v) is 18.9. The minimum atomic E-state index is -5.05. The van der Waals surface area contributed by atoms with E-state index in [0.29, 0.717) is 36.0 Å². The maximum Gasteiger partial charge on any atom is 0.472 e. The molecule has 1 aromatic carbocycles. The number of ether oxygens (including phenoxy) is 1. The number of nitrogens with two attached hydrogens (primary N) is 6. The fourth-order valence-electron chi connectivity index (χ4n) is 17.8. The highest BCUT2D eigenvalue weighted by Gasteiger charge is 2.69. The van der Waals surface area contributed by atoms with Gasteiger partial charge in [-0.1, -0.05) is 41.5 Å². The Hall–Kier alpha value is -5.61. The van der Waals surface area contributed by atoms with Crippen molar-refractivity contribution in [1.82, 2.24) is 36.1 Å². The number of imidazole rings is 1. The lowest BCUT2D eigenvalue weighted by Crippen LogP contribution is -2.64. The summed E-state index contributed by atoms with van der Waals surface area (Å²) in [7, 11) is -5.05. The summed E-state index contributed by atoms with van der Waals surface area (Å²) < 4.78 is 32.4. The van der Waals surface area contributed by atoms with Crippen LogP contribution in [0.2, 0.25) is 0 Å². The van der Waals surface area contributed by atoms with Crippen LogP contribution in [0.15, 0.2) is 29.7 Å². The number of carbonyl (C=O) groups excluding carboxylic acids is 7. The van der Waals surface area contributed by atoms with Gasteiger partial charge in [-0.2, -0.15) is 0 Å². The first kappa shape index (κ1) is 70.3. The molecule has 7 amide bonds. The van der Waals surface area contributed by atoms with Crippen molar-refractivity contribution in [2.75, 3.05) is 13.2 Å². The summed E-state index contributed by atoms with van der Waals surface area (Å²) in [5, 5.41) is 40.7. The summed E-state index contributed by atoms with van der Waals surface area (Å²) >= 11 is 0. The van der Waals surface area contributed by atoms with Crippen LogP contribution in [-0.2, 0) is 51.9 Å². The molecule has 5 fully saturated rings. The van der Waals surface area contributed by atoms with Gasteiger partial charge in [-0.25, -0.2) is 9.55 Å². The highest BCUT2D eigenvalue weighted by atomic mass is 31.2. The third-order valence-electron chi connectivity index (χ3n) is 22.7. The van der Waals surface area contributed by atoms with Gasteiger partial charge in [0.15, 0.2) is 6.23 Å². The second kappa shape index (κ2) is 26.4. The number of aliphatic hydroxyl groups is 2. The summed E-state index contributed by atoms with van der Waals surface area (Å²) in [6.45, 7) is 20.6. The number of aryl methyl sites for hydroxylation is 2. The lowest BCUT2D eigenvalue weighted by Gasteiger charge is -2.49. The zero-order chi connectivity index (χ0) is 66.7. The molecule has 502 valence electrons. The summed E-state index contributed by atoms with van der Waals surface area (Å²) in [5.74, 6) is -6.09. The molecule has 20 N–H and O–H groups in total. The highest BCUT2D eigenvalue weighted by Crippen LogP contribution is 2.63. The van der Waals surface area contributed by atoms with Crippen molar-refractivity contribution in [3.8, 4) is 0 Å². The molecular weight excluding hydrogens is 1180 g/mol. The quantitative estimate of drug-likeness (QED) is 0.0591. The van der Waals surface area contributed by atoms with Crippen molar-refractivity contribution in [3.63, 3.8) is 0 Å². The van der Waals surface area contributed by atoms with Gasteiger partial charge in [0.25, 0.3) is 0 Å². The van der Waals surface area contributed by atoms with Gasteiger partial charge in [-0.3, -0.25) is 42.6 Å². The van der Waals surface area contributed by atoms with E-state index in [1.165, 1.54) is 13.3 Å². The van der Waals surface area contributed by atoms with E-state index < -0.39 is 156 Å². The smallest absolute Gasteiger partial charge is 0.394 e. The van der Waals surface area contributed by atoms with E-state index in [0.717, 1.165) is 16.7 Å². The first-order valence-corrected chi connectivity index (χ1v) is 33.1. The molecule has 6 aliphatic heterocycles. The van der Waals surface area contributed by atoms with E-state index >= 15 is 0 Å². The Balaban J connectivity index is 1.16. The number of benzene rings is 1. The monoisotopic (exact) mass is 1280 g/mol. The van der Waals surface area contributed by atoms with Gasteiger partial charge in [0, 0.05) is 116 Å². The Morgan fingerprint density at radius 3 is 2.00 bits per heavy atom. The molecule has 1 unspecified atom stereocenters. The Morgan fingerprint density at radius 2 is 1.41 bits per heavy atom. The van der Waals surface area contributed by atoms with Crippen molar-refractivity contribution in [3.05, 3.63) is 40.9 Å². The third-order valence-corrected chi connectivity index (χ3v) is 23.9. The molecule has 8 bridgehead atoms. The number of hydrogen-bond donors (Lipinski definition) is 14. The molecule has 0 saturated carbocycles. The predicted molar refractivity (Wildman–Crippen MR) is 333 cm³/mol. The summed E-state index contributed by atoms with van der Waals surface area (Å²) in [5.41, 5.74) is 36.4. The third kappa shape index (κ3) is 13.5. The number of rotatable bonds is 26. The first-order valence-electron chi connectivity index (χ1n) is 31.7. The van der Waals surface area contributed by atoms with Crippen molar-refractivity contribution in [2.45, 2.75) is 226 Å². The molecular formula is C62H100N13O14P. The first-order chi connectivity index (χ1) is 41.8. The minimum absolute atomic E-state index is 0.0335. The molecule has 6 aliphatic rings. The Kier molecular flexibility index (Phi) is 20.6. The zero-order valence-electron chi connectivity index (χ0n) is 54.0. The van der Waals surface area contributed by atoms with Crippen LogP contribution in [0, 0.1) is 65.1 Å². The van der Waals surface area contributed by atoms with E-state index in [4.69, 9.17) is 48.2 Å². The number of nitrogens with zero attached hydrogens (tertiary/aromatic N) is 2. The van der Waals surface area contributed by atoms with Gasteiger partial charge < -0.3 is 85.4 Å². The molecule has 2 aromatic rings. The van der Waals surface area contributed by atoms with E-state index in [2.05, 4.69) is 52.3 Å². The van der Waals surface area contributed by atoms with Crippen LogP contribution in [-0.4, -0.2) is 145 Å². The molecule has 1 aromatic heterocycles. The maximum absolute atomic E-state index is 14.4. The Morgan fingerprint density at radius 1 is 0.811 bits per heavy atom. The second-order valence-electron chi connectivity index (χ2n) is 28.7. The lowest BCUT2D eigenvalue weighted by atomic mass is 9.56. The molecule has 8 rings (SSSR count). The van der Waals surface area contributed by atoms with Crippen molar-refractivity contribution in [1.29, 1.82) is 0 Å². The average Bonchev–Trinajstić information content (AvgIpc) is 1.53. The largest absolute Gasteiger partial charge is 0.472 e. The van der Waals surface area contributed by atoms with Gasteiger partial charge >= 0.3 is 7.82 Å². The SMILES string of the molecule is C/C1=C2/N[C@H]([C@H](CC(N)=O)[C@@]2(C)CCC(=O)NC[C@@H](C)OP(=O)(O)O[C@H]2[C@@H](O)[C@@H](n3cnc4cc(C)c(C)cc43)O[C@@H]2CO)[C@]2(C)N[C@H]([C@H](C)[C@H]3N[C@@H](C[C@@H]4N[C@H]1[C@@H](CCC(N)=O)C4(C)C)[C@@H](CCC(N)=O)[C@]3(C)CC(N)=O)[C@@H](CCC(N)=O)[C@]2(C)CC(N)=O. The average molecular weight is 1280 g/mol. The van der Waals surface area contributed by atoms with Crippen molar-refractivity contribution >= 4 is 60.2 Å². The molecule has 7 heterocycles. The minimum Gasteiger partial charge on any atom is -0.394 e. The second-order valence-corrected chi connectivity index (χ2v) is 30.1. The van der Waals surface area contributed by atoms with Crippen LogP contribution in [0.1, 0.15) is 157 Å². The van der Waals surface area contributed by atoms with Gasteiger partial charge in [-0.15, -0.1) is 0 Å². The van der Waals surface area contributed by atoms with E-state index in [9.17, 15) is 53.2 Å². The predicted octanol–water partition coefficient (Wildman–Crippen LogP) is 1.32. The lowest BCUT2D eigenvalue weighted by molar-refractivity contribution is -0.124. The summed E-state index contributed by atoms with van der Waals surface area (Å²) in [6, 6.07) is 0.909. The summed E-state index contributed by atoms with van der Waals surface area (Å²) in [4.78, 5) is 109. The van der Waals surface area contributed by atoms with Gasteiger partial charge in [0.05, 0.1) is 30.1 Å². The Labute approximate surface area is 526 Å². The number of carbonyl (C=O) groups is 7. The standard InChI is InChI=1S/C62H100N13O14P/c1-29-20-39-40(21-30(29)2)75(28-70-39)57-52(84)53(41(27-76)87-57)89-90(85,86)88-31(3)26-69-49(83)18-19-59(8)37(22-46(66)80)56-62(11)61(10,25-48(68)82)36(14-17-45(65)79)51(74-62)33(5)55-60(9,24-47(67)81)34(12-15-43(63)77)38(71-55)23-42-58(6,7)35(13-16-44(64)78)50(72-42)32(4)54(59)73-56/h20-21,28,31,33-38,41-42,50-53,55-57,71-74,76,84H,12-19,22-27H2,1-11H3,(H2,63,77)(H2,64,78)(H2,65,79)(H2,66,80)(H2,67,81)(H2,68,82)(H,69,83)(H,85,86)/b54-32-/t31-,33+,34-,35-,36-,37+,38+,41-,42+,50-,51-,52-,53-,55-,56-,57+,59-,60+,61+,62+/m1/s1. The Bertz CT molecular complexity index is 3180. The van der Waals surface area contributed by atoms with E-state index in [1.54, 1.807) is 4.57 Å². The van der Waals surface area contributed by atoms with Crippen LogP contribution >= 0.6 is 7.82 Å². The number of amides is 7. The van der Waals surface area contributed by atoms with Gasteiger partial charge in [0.2, 0.25) is 41.4 Å². The number of phosphoric ester groups is 1. The van der Waals surface area contributed by atoms with Gasteiger partial charge in [0.1, 0.15) is 18.3 Å². The number of aromatic nitrogens is 2. The normalized spacial score (nSPS) is 38.0. The fraction of sp³-hybridized carbons (Fsp3) is 0.742. The number of primary amides is 6. The van der Waals surface area contributed by atoms with Gasteiger partial charge in [-0.05, 0) is 130 Å². The van der Waals surface area contributed by atoms with Crippen molar-refractivity contribution in [2.24, 2.45) is 85.7 Å². The number of aliphatic hydroxyl groups excluding tert-OH is 2. The molecule has 28 heteroatoms.